The van der Waals surface area contributed by atoms with Gasteiger partial charge in [0.25, 0.3) is 0 Å². The second kappa shape index (κ2) is 2.53. The summed E-state index contributed by atoms with van der Waals surface area (Å²) < 4.78 is 1.97. The van der Waals surface area contributed by atoms with Crippen LogP contribution in [0.25, 0.3) is 0 Å². The summed E-state index contributed by atoms with van der Waals surface area (Å²) in [6.45, 7) is 6.53. The number of hydrogen-bond acceptors (Lipinski definition) is 0. The predicted molar refractivity (Wildman–Crippen MR) is 38.2 cm³/mol. The summed E-state index contributed by atoms with van der Waals surface area (Å²) in [4.78, 5) is 0. The zero-order valence-electron chi connectivity index (χ0n) is 5.59. The third kappa shape index (κ3) is 1.46. The standard InChI is InChI=1S/C8H10N/c1-3-5-9-6-4-8(2)7-9/h3-4,7H,1,5H2,2H3. The van der Waals surface area contributed by atoms with Gasteiger partial charge in [0.05, 0.1) is 6.20 Å². The fourth-order valence-corrected chi connectivity index (χ4v) is 0.750. The molecule has 9 heavy (non-hydrogen) atoms. The van der Waals surface area contributed by atoms with Gasteiger partial charge in [0.15, 0.2) is 0 Å². The van der Waals surface area contributed by atoms with E-state index in [4.69, 9.17) is 0 Å². The number of allylic oxidation sites excluding steroid dienone is 1. The molecule has 0 amide bonds. The summed E-state index contributed by atoms with van der Waals surface area (Å²) in [5, 5.41) is 0. The highest BCUT2D eigenvalue weighted by Gasteiger charge is 1.86. The summed E-state index contributed by atoms with van der Waals surface area (Å²) in [6.07, 6.45) is 6.95. The summed E-state index contributed by atoms with van der Waals surface area (Å²) in [5.41, 5.74) is 1.25. The lowest BCUT2D eigenvalue weighted by Crippen LogP contribution is -1.88. The smallest absolute Gasteiger partial charge is 0.0653 e. The van der Waals surface area contributed by atoms with Gasteiger partial charge >= 0.3 is 0 Å². The predicted octanol–water partition coefficient (Wildman–Crippen LogP) is 1.78. The molecule has 1 aromatic rings. The molecule has 0 aliphatic heterocycles. The Labute approximate surface area is 55.6 Å². The molecule has 0 aliphatic rings. The number of nitrogens with zero attached hydrogens (tertiary/aromatic N) is 1. The molecule has 0 saturated heterocycles. The number of aryl methyl sites for hydroxylation is 1. The fraction of sp³-hybridized carbons (Fsp3) is 0.250. The molecule has 0 saturated carbocycles. The quantitative estimate of drug-likeness (QED) is 0.524. The van der Waals surface area contributed by atoms with Gasteiger partial charge in [-0.05, 0) is 18.6 Å². The summed E-state index contributed by atoms with van der Waals surface area (Å²) in [5.74, 6) is 0. The molecule has 1 nitrogen and oxygen atoms in total. The highest BCUT2D eigenvalue weighted by molar-refractivity contribution is 5.06. The summed E-state index contributed by atoms with van der Waals surface area (Å²) >= 11 is 0. The van der Waals surface area contributed by atoms with Gasteiger partial charge < -0.3 is 4.57 Å². The molecule has 0 bridgehead atoms. The lowest BCUT2D eigenvalue weighted by atomic mass is 10.4. The highest BCUT2D eigenvalue weighted by atomic mass is 14.9. The zero-order chi connectivity index (χ0) is 6.69. The maximum Gasteiger partial charge on any atom is 0.0653 e. The highest BCUT2D eigenvalue weighted by Crippen LogP contribution is 1.96. The van der Waals surface area contributed by atoms with Crippen molar-refractivity contribution in [3.05, 3.63) is 36.7 Å². The van der Waals surface area contributed by atoms with Crippen LogP contribution >= 0.6 is 0 Å². The van der Waals surface area contributed by atoms with Crippen LogP contribution in [0.4, 0.5) is 0 Å². The van der Waals surface area contributed by atoms with Crippen LogP contribution in [-0.2, 0) is 6.54 Å². The van der Waals surface area contributed by atoms with Crippen LogP contribution < -0.4 is 0 Å². The van der Waals surface area contributed by atoms with Crippen LogP contribution in [0.1, 0.15) is 5.56 Å². The molecule has 1 heteroatoms. The molecule has 0 aliphatic carbocycles. The van der Waals surface area contributed by atoms with E-state index in [2.05, 4.69) is 19.7 Å². The van der Waals surface area contributed by atoms with Crippen LogP contribution in [0.5, 0.6) is 0 Å². The maximum atomic E-state index is 3.62. The van der Waals surface area contributed by atoms with E-state index in [1.165, 1.54) is 5.56 Å². The van der Waals surface area contributed by atoms with Crippen molar-refractivity contribution in [1.82, 2.24) is 4.57 Å². The lowest BCUT2D eigenvalue weighted by molar-refractivity contribution is 0.823. The van der Waals surface area contributed by atoms with Crippen LogP contribution in [0.15, 0.2) is 24.9 Å². The van der Waals surface area contributed by atoms with Crippen molar-refractivity contribution in [2.24, 2.45) is 0 Å². The van der Waals surface area contributed by atoms with Crippen LogP contribution in [-0.4, -0.2) is 4.57 Å². The lowest BCUT2D eigenvalue weighted by Gasteiger charge is -1.91. The first-order chi connectivity index (χ1) is 4.33. The zero-order valence-corrected chi connectivity index (χ0v) is 5.59. The second-order valence-corrected chi connectivity index (χ2v) is 2.09. The van der Waals surface area contributed by atoms with Gasteiger partial charge in [-0.25, -0.2) is 0 Å². The Morgan fingerprint density at radius 2 is 2.67 bits per heavy atom. The minimum Gasteiger partial charge on any atom is -0.342 e. The minimum atomic E-state index is 0.855. The van der Waals surface area contributed by atoms with Crippen molar-refractivity contribution in [2.75, 3.05) is 0 Å². The van der Waals surface area contributed by atoms with Crippen LogP contribution in [0, 0.1) is 13.1 Å². The molecule has 47 valence electrons. The number of aromatic nitrogens is 1. The third-order valence-corrected chi connectivity index (χ3v) is 1.14. The van der Waals surface area contributed by atoms with Gasteiger partial charge in [0.1, 0.15) is 0 Å². The molecule has 0 spiro atoms. The molecule has 0 aromatic carbocycles. The first-order valence-corrected chi connectivity index (χ1v) is 2.98. The Kier molecular flexibility index (Phi) is 1.73. The maximum absolute atomic E-state index is 3.62. The van der Waals surface area contributed by atoms with E-state index in [0.29, 0.717) is 0 Å². The fourth-order valence-electron chi connectivity index (χ4n) is 0.750. The molecule has 0 unspecified atom stereocenters. The van der Waals surface area contributed by atoms with E-state index in [1.54, 1.807) is 0 Å². The number of hydrogen-bond donors (Lipinski definition) is 0. The summed E-state index contributed by atoms with van der Waals surface area (Å²) in [7, 11) is 0. The molecule has 0 atom stereocenters. The van der Waals surface area contributed by atoms with Gasteiger partial charge in [0, 0.05) is 12.7 Å². The number of rotatable bonds is 2. The average Bonchev–Trinajstić information content (AvgIpc) is 2.17. The largest absolute Gasteiger partial charge is 0.342 e. The van der Waals surface area contributed by atoms with Crippen molar-refractivity contribution < 1.29 is 0 Å². The Morgan fingerprint density at radius 1 is 1.89 bits per heavy atom. The Morgan fingerprint density at radius 3 is 3.11 bits per heavy atom. The monoisotopic (exact) mass is 120 g/mol. The molecule has 1 radical (unpaired) electrons. The molecular formula is C8H10N. The van der Waals surface area contributed by atoms with Crippen molar-refractivity contribution in [3.8, 4) is 0 Å². The van der Waals surface area contributed by atoms with Crippen LogP contribution in [0.2, 0.25) is 0 Å². The van der Waals surface area contributed by atoms with Gasteiger partial charge in [-0.15, -0.1) is 6.58 Å². The van der Waals surface area contributed by atoms with E-state index < -0.39 is 0 Å². The molecule has 1 rings (SSSR count). The van der Waals surface area contributed by atoms with Gasteiger partial charge in [-0.1, -0.05) is 6.08 Å². The van der Waals surface area contributed by atoms with Gasteiger partial charge in [0.2, 0.25) is 0 Å². The second-order valence-electron chi connectivity index (χ2n) is 2.09. The average molecular weight is 120 g/mol. The van der Waals surface area contributed by atoms with Crippen molar-refractivity contribution in [3.63, 3.8) is 0 Å². The Hall–Kier alpha value is -0.980. The Balaban J connectivity index is 2.72. The van der Waals surface area contributed by atoms with E-state index >= 15 is 0 Å². The molecule has 1 aromatic heterocycles. The molecule has 1 heterocycles. The molecule has 0 fully saturated rings. The van der Waals surface area contributed by atoms with Crippen molar-refractivity contribution in [2.45, 2.75) is 13.5 Å². The first kappa shape index (κ1) is 6.14. The van der Waals surface area contributed by atoms with Gasteiger partial charge in [-0.3, -0.25) is 0 Å². The normalized spacial score (nSPS) is 9.44. The summed E-state index contributed by atoms with van der Waals surface area (Å²) in [6, 6.07) is 1.96. The van der Waals surface area contributed by atoms with E-state index in [0.717, 1.165) is 6.54 Å². The van der Waals surface area contributed by atoms with Crippen LogP contribution in [0.3, 0.4) is 0 Å². The molecular weight excluding hydrogens is 110 g/mol. The Bertz CT molecular complexity index is 198. The van der Waals surface area contributed by atoms with E-state index in [9.17, 15) is 0 Å². The van der Waals surface area contributed by atoms with Crippen molar-refractivity contribution >= 4 is 0 Å². The SMILES string of the molecule is C=CCn1[c]cc(C)c1. The first-order valence-electron chi connectivity index (χ1n) is 2.98. The third-order valence-electron chi connectivity index (χ3n) is 1.14. The van der Waals surface area contributed by atoms with Crippen molar-refractivity contribution in [1.29, 1.82) is 0 Å². The minimum absolute atomic E-state index is 0.855. The van der Waals surface area contributed by atoms with E-state index in [-0.39, 0.29) is 0 Å². The van der Waals surface area contributed by atoms with Gasteiger partial charge in [-0.2, -0.15) is 0 Å². The topological polar surface area (TPSA) is 4.93 Å². The van der Waals surface area contributed by atoms with E-state index in [1.807, 2.05) is 22.9 Å². The molecule has 0 N–H and O–H groups in total.